The molecule has 0 aromatic heterocycles. The average molecular weight is 127 g/mol. The summed E-state index contributed by atoms with van der Waals surface area (Å²) in [5, 5.41) is 8.18. The van der Waals surface area contributed by atoms with Gasteiger partial charge in [0.05, 0.1) is 0 Å². The highest BCUT2D eigenvalue weighted by Crippen LogP contribution is 1.88. The van der Waals surface area contributed by atoms with E-state index < -0.39 is 5.97 Å². The molecule has 0 atom stereocenters. The Morgan fingerprint density at radius 3 is 2.67 bits per heavy atom. The van der Waals surface area contributed by atoms with E-state index >= 15 is 0 Å². The van der Waals surface area contributed by atoms with Crippen molar-refractivity contribution in [2.75, 3.05) is 0 Å². The average Bonchev–Trinajstić information content (AvgIpc) is 1.82. The minimum absolute atomic E-state index is 0.130. The van der Waals surface area contributed by atoms with E-state index in [0.29, 0.717) is 6.42 Å². The summed E-state index contributed by atoms with van der Waals surface area (Å²) in [5.41, 5.74) is 4.89. The number of rotatable bonds is 3. The van der Waals surface area contributed by atoms with E-state index in [2.05, 4.69) is 6.58 Å². The molecule has 0 aromatic rings. The van der Waals surface area contributed by atoms with Gasteiger partial charge in [0.2, 0.25) is 0 Å². The summed E-state index contributed by atoms with van der Waals surface area (Å²) in [5.74, 6) is -1.09. The predicted octanol–water partition coefficient (Wildman–Crippen LogP) is 0.490. The minimum Gasteiger partial charge on any atom is -0.477 e. The van der Waals surface area contributed by atoms with Crippen molar-refractivity contribution < 1.29 is 9.90 Å². The van der Waals surface area contributed by atoms with Gasteiger partial charge in [-0.1, -0.05) is 12.2 Å². The van der Waals surface area contributed by atoms with E-state index in [1.807, 2.05) is 0 Å². The Morgan fingerprint density at radius 1 is 1.78 bits per heavy atom. The standard InChI is InChI=1S/C6H9NO2/c1-2-3-4-5(7)6(8)9/h2,4H,1,3,7H2,(H,8,9)/b5-4-. The number of carbonyl (C=O) groups is 1. The third kappa shape index (κ3) is 3.34. The third-order valence-electron chi connectivity index (χ3n) is 0.751. The molecule has 0 radical (unpaired) electrons. The van der Waals surface area contributed by atoms with Gasteiger partial charge in [-0.05, 0) is 6.42 Å². The van der Waals surface area contributed by atoms with Crippen LogP contribution in [0.4, 0.5) is 0 Å². The van der Waals surface area contributed by atoms with E-state index in [4.69, 9.17) is 10.8 Å². The first-order valence-electron chi connectivity index (χ1n) is 2.48. The summed E-state index contributed by atoms with van der Waals surface area (Å²) in [7, 11) is 0. The second-order valence-electron chi connectivity index (χ2n) is 1.49. The zero-order chi connectivity index (χ0) is 7.28. The Balaban J connectivity index is 3.83. The lowest BCUT2D eigenvalue weighted by Crippen LogP contribution is -2.09. The topological polar surface area (TPSA) is 63.3 Å². The van der Waals surface area contributed by atoms with Gasteiger partial charge in [-0.25, -0.2) is 4.79 Å². The predicted molar refractivity (Wildman–Crippen MR) is 34.7 cm³/mol. The molecule has 0 aliphatic heterocycles. The van der Waals surface area contributed by atoms with Crippen molar-refractivity contribution in [1.82, 2.24) is 0 Å². The Morgan fingerprint density at radius 2 is 2.33 bits per heavy atom. The Bertz CT molecular complexity index is 149. The summed E-state index contributed by atoms with van der Waals surface area (Å²) in [4.78, 5) is 9.98. The third-order valence-corrected chi connectivity index (χ3v) is 0.751. The largest absolute Gasteiger partial charge is 0.477 e. The maximum Gasteiger partial charge on any atom is 0.351 e. The van der Waals surface area contributed by atoms with E-state index in [0.717, 1.165) is 0 Å². The van der Waals surface area contributed by atoms with Gasteiger partial charge in [0.1, 0.15) is 5.70 Å². The molecule has 9 heavy (non-hydrogen) atoms. The molecule has 3 nitrogen and oxygen atoms in total. The SMILES string of the molecule is C=CC/C=C(\N)C(=O)O. The van der Waals surface area contributed by atoms with E-state index in [1.165, 1.54) is 6.08 Å². The second-order valence-corrected chi connectivity index (χ2v) is 1.49. The molecule has 0 aromatic carbocycles. The normalized spacial score (nSPS) is 10.9. The lowest BCUT2D eigenvalue weighted by molar-refractivity contribution is -0.132. The number of hydrogen-bond acceptors (Lipinski definition) is 2. The van der Waals surface area contributed by atoms with Gasteiger partial charge in [0, 0.05) is 0 Å². The van der Waals surface area contributed by atoms with E-state index in [1.54, 1.807) is 6.08 Å². The van der Waals surface area contributed by atoms with Gasteiger partial charge in [-0.15, -0.1) is 6.58 Å². The van der Waals surface area contributed by atoms with Crippen LogP contribution in [0.15, 0.2) is 24.4 Å². The molecule has 50 valence electrons. The van der Waals surface area contributed by atoms with Crippen molar-refractivity contribution in [3.05, 3.63) is 24.4 Å². The molecule has 0 saturated carbocycles. The molecule has 3 heteroatoms. The number of carboxylic acid groups (broad SMARTS) is 1. The van der Waals surface area contributed by atoms with Gasteiger partial charge in [-0.2, -0.15) is 0 Å². The summed E-state index contributed by atoms with van der Waals surface area (Å²) < 4.78 is 0. The lowest BCUT2D eigenvalue weighted by Gasteiger charge is -1.88. The van der Waals surface area contributed by atoms with Crippen molar-refractivity contribution in [2.24, 2.45) is 5.73 Å². The highest BCUT2D eigenvalue weighted by atomic mass is 16.4. The fourth-order valence-corrected chi connectivity index (χ4v) is 0.298. The van der Waals surface area contributed by atoms with Gasteiger partial charge in [0.15, 0.2) is 0 Å². The van der Waals surface area contributed by atoms with E-state index in [-0.39, 0.29) is 5.70 Å². The van der Waals surface area contributed by atoms with Crippen LogP contribution in [0.3, 0.4) is 0 Å². The first kappa shape index (κ1) is 7.75. The molecule has 0 saturated heterocycles. The molecule has 0 unspecified atom stereocenters. The summed E-state index contributed by atoms with van der Waals surface area (Å²) in [6, 6.07) is 0. The number of carboxylic acids is 1. The molecular weight excluding hydrogens is 118 g/mol. The van der Waals surface area contributed by atoms with Gasteiger partial charge in [0.25, 0.3) is 0 Å². The van der Waals surface area contributed by atoms with Crippen LogP contribution in [-0.4, -0.2) is 11.1 Å². The van der Waals surface area contributed by atoms with Crippen molar-refractivity contribution in [1.29, 1.82) is 0 Å². The van der Waals surface area contributed by atoms with Crippen LogP contribution < -0.4 is 5.73 Å². The molecule has 0 heterocycles. The first-order valence-corrected chi connectivity index (χ1v) is 2.48. The number of aliphatic carboxylic acids is 1. The van der Waals surface area contributed by atoms with Crippen LogP contribution in [0.5, 0.6) is 0 Å². The molecule has 3 N–H and O–H groups in total. The molecular formula is C6H9NO2. The number of nitrogens with two attached hydrogens (primary N) is 1. The Hall–Kier alpha value is -1.25. The van der Waals surface area contributed by atoms with Crippen LogP contribution in [-0.2, 0) is 4.79 Å². The summed E-state index contributed by atoms with van der Waals surface area (Å²) in [6.07, 6.45) is 3.48. The van der Waals surface area contributed by atoms with Gasteiger partial charge < -0.3 is 10.8 Å². The Kier molecular flexibility index (Phi) is 3.20. The van der Waals surface area contributed by atoms with Crippen LogP contribution in [0, 0.1) is 0 Å². The van der Waals surface area contributed by atoms with Gasteiger partial charge in [-0.3, -0.25) is 0 Å². The number of hydrogen-bond donors (Lipinski definition) is 2. The fraction of sp³-hybridized carbons (Fsp3) is 0.167. The monoisotopic (exact) mass is 127 g/mol. The van der Waals surface area contributed by atoms with Crippen molar-refractivity contribution in [3.63, 3.8) is 0 Å². The maximum absolute atomic E-state index is 9.98. The lowest BCUT2D eigenvalue weighted by atomic mass is 10.3. The minimum atomic E-state index is -1.09. The van der Waals surface area contributed by atoms with Crippen molar-refractivity contribution in [3.8, 4) is 0 Å². The zero-order valence-corrected chi connectivity index (χ0v) is 5.00. The van der Waals surface area contributed by atoms with Crippen molar-refractivity contribution in [2.45, 2.75) is 6.42 Å². The summed E-state index contributed by atoms with van der Waals surface area (Å²) in [6.45, 7) is 3.40. The molecule has 0 aliphatic rings. The van der Waals surface area contributed by atoms with Crippen molar-refractivity contribution >= 4 is 5.97 Å². The number of allylic oxidation sites excluding steroid dienone is 2. The zero-order valence-electron chi connectivity index (χ0n) is 5.00. The highest BCUT2D eigenvalue weighted by Gasteiger charge is 1.96. The molecule has 0 aliphatic carbocycles. The van der Waals surface area contributed by atoms with Crippen LogP contribution in [0.25, 0.3) is 0 Å². The fourth-order valence-electron chi connectivity index (χ4n) is 0.298. The maximum atomic E-state index is 9.98. The molecule has 0 amide bonds. The highest BCUT2D eigenvalue weighted by molar-refractivity contribution is 5.85. The second kappa shape index (κ2) is 3.72. The van der Waals surface area contributed by atoms with Crippen LogP contribution in [0.1, 0.15) is 6.42 Å². The smallest absolute Gasteiger partial charge is 0.351 e. The molecule has 0 bridgehead atoms. The van der Waals surface area contributed by atoms with Crippen LogP contribution in [0.2, 0.25) is 0 Å². The molecule has 0 spiro atoms. The summed E-state index contributed by atoms with van der Waals surface area (Å²) >= 11 is 0. The quantitative estimate of drug-likeness (QED) is 0.428. The van der Waals surface area contributed by atoms with Crippen LogP contribution >= 0.6 is 0 Å². The first-order chi connectivity index (χ1) is 4.18. The van der Waals surface area contributed by atoms with Gasteiger partial charge >= 0.3 is 5.97 Å². The Labute approximate surface area is 53.5 Å². The van der Waals surface area contributed by atoms with E-state index in [9.17, 15) is 4.79 Å². The molecule has 0 rings (SSSR count). The molecule has 0 fully saturated rings.